The number of carbonyl (C=O) groups is 1. The highest BCUT2D eigenvalue weighted by molar-refractivity contribution is 7.09. The van der Waals surface area contributed by atoms with Crippen LogP contribution in [0.5, 0.6) is 11.5 Å². The molecule has 0 unspecified atom stereocenters. The number of nitro benzene ring substituents is 1. The van der Waals surface area contributed by atoms with Gasteiger partial charge in [0.15, 0.2) is 11.5 Å². The summed E-state index contributed by atoms with van der Waals surface area (Å²) in [6, 6.07) is 21.4. The number of nitrogens with zero attached hydrogens (tertiary/aromatic N) is 5. The van der Waals surface area contributed by atoms with Crippen molar-refractivity contribution < 1.29 is 19.2 Å². The number of hydrogen-bond acceptors (Lipinski definition) is 9. The summed E-state index contributed by atoms with van der Waals surface area (Å²) >= 11 is 1.51. The van der Waals surface area contributed by atoms with Crippen LogP contribution >= 0.6 is 11.3 Å². The minimum atomic E-state index is -0.399. The van der Waals surface area contributed by atoms with Gasteiger partial charge in [-0.15, -0.1) is 11.3 Å². The van der Waals surface area contributed by atoms with Gasteiger partial charge in [0.25, 0.3) is 11.6 Å². The normalized spacial score (nSPS) is 14.7. The van der Waals surface area contributed by atoms with E-state index in [1.807, 2.05) is 22.4 Å². The Labute approximate surface area is 267 Å². The Morgan fingerprint density at radius 3 is 2.27 bits per heavy atom. The van der Waals surface area contributed by atoms with Gasteiger partial charge in [-0.3, -0.25) is 19.8 Å². The third-order valence-corrected chi connectivity index (χ3v) is 9.03. The number of hydrogen-bond donors (Lipinski definition) is 0. The molecule has 11 heteroatoms. The van der Waals surface area contributed by atoms with Crippen LogP contribution in [0.3, 0.4) is 0 Å². The average molecular weight is 628 g/mol. The number of rotatable bonds is 9. The summed E-state index contributed by atoms with van der Waals surface area (Å²) in [6.45, 7) is 11.3. The number of aromatic nitrogens is 1. The molecule has 2 aliphatic rings. The molecule has 234 valence electrons. The number of thiazole rings is 1. The monoisotopic (exact) mass is 627 g/mol. The van der Waals surface area contributed by atoms with Crippen molar-refractivity contribution in [2.24, 2.45) is 0 Å². The van der Waals surface area contributed by atoms with Gasteiger partial charge in [0, 0.05) is 62.5 Å². The largest absolute Gasteiger partial charge is 0.454 e. The van der Waals surface area contributed by atoms with E-state index in [1.165, 1.54) is 34.6 Å². The van der Waals surface area contributed by atoms with Crippen molar-refractivity contribution in [3.8, 4) is 11.5 Å². The van der Waals surface area contributed by atoms with Gasteiger partial charge in [-0.25, -0.2) is 4.98 Å². The lowest BCUT2D eigenvalue weighted by atomic mass is 9.87. The van der Waals surface area contributed by atoms with Gasteiger partial charge >= 0.3 is 0 Å². The topological polar surface area (TPSA) is 101 Å². The standard InChI is InChI=1S/C34H37N5O5S/c1-34(2,3)26-7-4-24(5-8-26)19-36(20-25-6-13-30-31(18-25)44-23-43-30)21-32-35-29(22-45-32)33(40)38-16-14-37(15-17-38)27-9-11-28(12-10-27)39(41)42/h4-13,18,22H,14-17,19-21,23H2,1-3H3. The van der Waals surface area contributed by atoms with Crippen LogP contribution in [0.25, 0.3) is 0 Å². The summed E-state index contributed by atoms with van der Waals surface area (Å²) in [5.41, 5.74) is 5.17. The third-order valence-electron chi connectivity index (χ3n) is 8.19. The molecular formula is C34H37N5O5S. The van der Waals surface area contributed by atoms with Crippen LogP contribution in [-0.2, 0) is 25.0 Å². The Balaban J connectivity index is 1.12. The molecular weight excluding hydrogens is 590 g/mol. The minimum absolute atomic E-state index is 0.0686. The summed E-state index contributed by atoms with van der Waals surface area (Å²) in [7, 11) is 0. The fraction of sp³-hybridized carbons (Fsp3) is 0.353. The van der Waals surface area contributed by atoms with Crippen LogP contribution in [0.2, 0.25) is 0 Å². The van der Waals surface area contributed by atoms with Gasteiger partial charge in [0.1, 0.15) is 10.7 Å². The molecule has 1 aromatic heterocycles. The maximum atomic E-state index is 13.4. The van der Waals surface area contributed by atoms with Crippen molar-refractivity contribution >= 4 is 28.6 Å². The van der Waals surface area contributed by atoms with Gasteiger partial charge in [0.2, 0.25) is 6.79 Å². The zero-order chi connectivity index (χ0) is 31.6. The minimum Gasteiger partial charge on any atom is -0.454 e. The lowest BCUT2D eigenvalue weighted by Gasteiger charge is -2.35. The number of piperazine rings is 1. The molecule has 1 saturated heterocycles. The van der Waals surface area contributed by atoms with Gasteiger partial charge < -0.3 is 19.3 Å². The molecule has 0 spiro atoms. The van der Waals surface area contributed by atoms with E-state index in [9.17, 15) is 14.9 Å². The molecule has 10 nitrogen and oxygen atoms in total. The first kappa shape index (κ1) is 30.5. The quantitative estimate of drug-likeness (QED) is 0.159. The highest BCUT2D eigenvalue weighted by Gasteiger charge is 2.25. The summed E-state index contributed by atoms with van der Waals surface area (Å²) < 4.78 is 11.1. The zero-order valence-corrected chi connectivity index (χ0v) is 26.6. The Morgan fingerprint density at radius 1 is 0.911 bits per heavy atom. The van der Waals surface area contributed by atoms with Crippen LogP contribution in [0.1, 0.15) is 53.0 Å². The Kier molecular flexibility index (Phi) is 8.73. The Morgan fingerprint density at radius 2 is 1.58 bits per heavy atom. The van der Waals surface area contributed by atoms with E-state index in [4.69, 9.17) is 14.5 Å². The number of carbonyl (C=O) groups excluding carboxylic acids is 1. The number of fused-ring (bicyclic) bond motifs is 1. The summed E-state index contributed by atoms with van der Waals surface area (Å²) in [5, 5.41) is 13.7. The number of anilines is 1. The number of ether oxygens (including phenoxy) is 2. The van der Waals surface area contributed by atoms with E-state index in [1.54, 1.807) is 12.1 Å². The molecule has 0 radical (unpaired) electrons. The smallest absolute Gasteiger partial charge is 0.273 e. The van der Waals surface area contributed by atoms with Gasteiger partial charge in [-0.1, -0.05) is 51.1 Å². The first-order valence-corrected chi connectivity index (χ1v) is 15.9. The predicted octanol–water partition coefficient (Wildman–Crippen LogP) is 6.24. The fourth-order valence-electron chi connectivity index (χ4n) is 5.62. The number of amides is 1. The van der Waals surface area contributed by atoms with E-state index in [0.717, 1.165) is 34.3 Å². The molecule has 2 aliphatic heterocycles. The van der Waals surface area contributed by atoms with E-state index >= 15 is 0 Å². The van der Waals surface area contributed by atoms with E-state index < -0.39 is 4.92 Å². The molecule has 1 fully saturated rings. The number of non-ortho nitro benzene ring substituents is 1. The van der Waals surface area contributed by atoms with Crippen LogP contribution in [0, 0.1) is 10.1 Å². The fourth-order valence-corrected chi connectivity index (χ4v) is 6.43. The van der Waals surface area contributed by atoms with Crippen molar-refractivity contribution in [2.45, 2.75) is 45.8 Å². The molecule has 3 aromatic carbocycles. The first-order valence-electron chi connectivity index (χ1n) is 15.1. The van der Waals surface area contributed by atoms with E-state index in [2.05, 4.69) is 60.9 Å². The molecule has 3 heterocycles. The maximum absolute atomic E-state index is 13.4. The molecule has 4 aromatic rings. The van der Waals surface area contributed by atoms with Crippen LogP contribution in [0.4, 0.5) is 11.4 Å². The summed E-state index contributed by atoms with van der Waals surface area (Å²) in [4.78, 5) is 35.1. The second-order valence-corrected chi connectivity index (χ2v) is 13.4. The highest BCUT2D eigenvalue weighted by atomic mass is 32.1. The zero-order valence-electron chi connectivity index (χ0n) is 25.8. The molecule has 0 bridgehead atoms. The van der Waals surface area contributed by atoms with E-state index in [0.29, 0.717) is 45.0 Å². The molecule has 0 atom stereocenters. The molecule has 1 amide bonds. The summed E-state index contributed by atoms with van der Waals surface area (Å²) in [5.74, 6) is 1.46. The molecule has 0 saturated carbocycles. The SMILES string of the molecule is CC(C)(C)c1ccc(CN(Cc2ccc3c(c2)OCO3)Cc2nc(C(=O)N3CCN(c4ccc([N+](=O)[O-])cc4)CC3)cs2)cc1. The van der Waals surface area contributed by atoms with Crippen molar-refractivity contribution in [1.29, 1.82) is 0 Å². The van der Waals surface area contributed by atoms with Gasteiger partial charge in [-0.05, 0) is 46.4 Å². The number of nitro groups is 1. The van der Waals surface area contributed by atoms with Crippen molar-refractivity contribution in [3.63, 3.8) is 0 Å². The first-order chi connectivity index (χ1) is 21.6. The van der Waals surface area contributed by atoms with Crippen molar-refractivity contribution in [2.75, 3.05) is 37.9 Å². The second-order valence-electron chi connectivity index (χ2n) is 12.5. The van der Waals surface area contributed by atoms with Crippen LogP contribution < -0.4 is 14.4 Å². The Hall–Kier alpha value is -4.48. The maximum Gasteiger partial charge on any atom is 0.273 e. The van der Waals surface area contributed by atoms with Gasteiger partial charge in [0.05, 0.1) is 11.5 Å². The highest BCUT2D eigenvalue weighted by Crippen LogP contribution is 2.33. The number of benzene rings is 3. The third kappa shape index (κ3) is 7.26. The van der Waals surface area contributed by atoms with Crippen LogP contribution in [-0.4, -0.2) is 58.6 Å². The summed E-state index contributed by atoms with van der Waals surface area (Å²) in [6.07, 6.45) is 0. The van der Waals surface area contributed by atoms with E-state index in [-0.39, 0.29) is 23.8 Å². The van der Waals surface area contributed by atoms with Gasteiger partial charge in [-0.2, -0.15) is 0 Å². The lowest BCUT2D eigenvalue weighted by molar-refractivity contribution is -0.384. The van der Waals surface area contributed by atoms with Crippen molar-refractivity contribution in [3.05, 3.63) is 110 Å². The average Bonchev–Trinajstić information content (AvgIpc) is 3.70. The molecule has 6 rings (SSSR count). The molecule has 45 heavy (non-hydrogen) atoms. The molecule has 0 N–H and O–H groups in total. The molecule has 0 aliphatic carbocycles. The Bertz CT molecular complexity index is 1660. The van der Waals surface area contributed by atoms with Crippen LogP contribution in [0.15, 0.2) is 72.1 Å². The lowest BCUT2D eigenvalue weighted by Crippen LogP contribution is -2.48. The second kappa shape index (κ2) is 12.9. The van der Waals surface area contributed by atoms with Crippen molar-refractivity contribution in [1.82, 2.24) is 14.8 Å². The predicted molar refractivity (Wildman–Crippen MR) is 174 cm³/mol.